The Morgan fingerprint density at radius 3 is 2.57 bits per heavy atom. The largest absolute Gasteiger partial charge is 0.381 e. The van der Waals surface area contributed by atoms with Crippen molar-refractivity contribution in [2.75, 3.05) is 11.9 Å². The number of nitrogens with one attached hydrogen (secondary N) is 1. The van der Waals surface area contributed by atoms with Gasteiger partial charge in [-0.1, -0.05) is 6.07 Å². The van der Waals surface area contributed by atoms with Crippen molar-refractivity contribution in [3.05, 3.63) is 29.6 Å². The Morgan fingerprint density at radius 1 is 1.43 bits per heavy atom. The Bertz CT molecular complexity index is 316. The molecule has 3 heteroatoms. The highest BCUT2D eigenvalue weighted by atomic mass is 19.1. The van der Waals surface area contributed by atoms with Crippen LogP contribution in [-0.4, -0.2) is 12.1 Å². The standard InChI is InChI=1S/C11H17FN2/c1-8-4-5-10(9(12)6-8)14-7-11(2,3)13/h4-6,14H,7,13H2,1-3H3. The Morgan fingerprint density at radius 2 is 2.07 bits per heavy atom. The van der Waals surface area contributed by atoms with E-state index in [0.717, 1.165) is 5.56 Å². The molecule has 1 aromatic rings. The number of nitrogens with two attached hydrogens (primary N) is 1. The molecule has 0 unspecified atom stereocenters. The summed E-state index contributed by atoms with van der Waals surface area (Å²) in [5.74, 6) is -0.228. The highest BCUT2D eigenvalue weighted by molar-refractivity contribution is 5.46. The van der Waals surface area contributed by atoms with Gasteiger partial charge in [0.25, 0.3) is 0 Å². The average molecular weight is 196 g/mol. The summed E-state index contributed by atoms with van der Waals surface area (Å²) in [4.78, 5) is 0. The smallest absolute Gasteiger partial charge is 0.146 e. The minimum atomic E-state index is -0.336. The van der Waals surface area contributed by atoms with E-state index in [4.69, 9.17) is 5.73 Å². The quantitative estimate of drug-likeness (QED) is 0.778. The number of anilines is 1. The lowest BCUT2D eigenvalue weighted by atomic mass is 10.1. The van der Waals surface area contributed by atoms with Crippen LogP contribution in [0.5, 0.6) is 0 Å². The Labute approximate surface area is 84.3 Å². The lowest BCUT2D eigenvalue weighted by molar-refractivity contribution is 0.546. The average Bonchev–Trinajstić information content (AvgIpc) is 2.00. The van der Waals surface area contributed by atoms with Crippen molar-refractivity contribution in [3.8, 4) is 0 Å². The zero-order chi connectivity index (χ0) is 10.8. The van der Waals surface area contributed by atoms with Crippen LogP contribution in [0.15, 0.2) is 18.2 Å². The van der Waals surface area contributed by atoms with Gasteiger partial charge in [-0.2, -0.15) is 0 Å². The van der Waals surface area contributed by atoms with Crippen molar-refractivity contribution in [1.29, 1.82) is 0 Å². The van der Waals surface area contributed by atoms with Gasteiger partial charge in [0, 0.05) is 12.1 Å². The van der Waals surface area contributed by atoms with Crippen LogP contribution in [0.2, 0.25) is 0 Å². The van der Waals surface area contributed by atoms with Gasteiger partial charge in [-0.3, -0.25) is 0 Å². The predicted molar refractivity (Wildman–Crippen MR) is 57.9 cm³/mol. The molecule has 0 fully saturated rings. The number of hydrogen-bond acceptors (Lipinski definition) is 2. The van der Waals surface area contributed by atoms with Crippen molar-refractivity contribution in [1.82, 2.24) is 0 Å². The molecule has 0 aliphatic heterocycles. The molecule has 1 rings (SSSR count). The van der Waals surface area contributed by atoms with E-state index < -0.39 is 0 Å². The molecule has 0 aliphatic carbocycles. The summed E-state index contributed by atoms with van der Waals surface area (Å²) < 4.78 is 13.3. The van der Waals surface area contributed by atoms with E-state index in [1.165, 1.54) is 6.07 Å². The summed E-state index contributed by atoms with van der Waals surface area (Å²) in [5.41, 5.74) is 6.87. The fourth-order valence-electron chi connectivity index (χ4n) is 1.09. The van der Waals surface area contributed by atoms with Crippen LogP contribution in [0.3, 0.4) is 0 Å². The van der Waals surface area contributed by atoms with Crippen LogP contribution >= 0.6 is 0 Å². The molecule has 14 heavy (non-hydrogen) atoms. The van der Waals surface area contributed by atoms with Crippen LogP contribution in [0.25, 0.3) is 0 Å². The summed E-state index contributed by atoms with van der Waals surface area (Å²) in [7, 11) is 0. The number of benzene rings is 1. The first-order valence-corrected chi connectivity index (χ1v) is 4.67. The third-order valence-electron chi connectivity index (χ3n) is 1.86. The number of halogens is 1. The molecule has 3 N–H and O–H groups in total. The van der Waals surface area contributed by atoms with E-state index in [0.29, 0.717) is 12.2 Å². The fraction of sp³-hybridized carbons (Fsp3) is 0.455. The Hall–Kier alpha value is -1.09. The second-order valence-electron chi connectivity index (χ2n) is 4.33. The van der Waals surface area contributed by atoms with Crippen LogP contribution in [0.4, 0.5) is 10.1 Å². The zero-order valence-corrected chi connectivity index (χ0v) is 8.89. The maximum atomic E-state index is 13.3. The van der Waals surface area contributed by atoms with E-state index in [9.17, 15) is 4.39 Å². The number of hydrogen-bond donors (Lipinski definition) is 2. The van der Waals surface area contributed by atoms with Gasteiger partial charge in [-0.05, 0) is 38.5 Å². The normalized spacial score (nSPS) is 11.5. The van der Waals surface area contributed by atoms with Crippen LogP contribution < -0.4 is 11.1 Å². The Kier molecular flexibility index (Phi) is 3.11. The SMILES string of the molecule is Cc1ccc(NCC(C)(C)N)c(F)c1. The van der Waals surface area contributed by atoms with Crippen molar-refractivity contribution < 1.29 is 4.39 Å². The van der Waals surface area contributed by atoms with Crippen molar-refractivity contribution in [2.45, 2.75) is 26.3 Å². The molecular formula is C11H17FN2. The molecule has 0 saturated heterocycles. The van der Waals surface area contributed by atoms with Crippen LogP contribution in [0.1, 0.15) is 19.4 Å². The van der Waals surface area contributed by atoms with E-state index in [2.05, 4.69) is 5.32 Å². The van der Waals surface area contributed by atoms with E-state index in [-0.39, 0.29) is 11.4 Å². The van der Waals surface area contributed by atoms with Crippen molar-refractivity contribution >= 4 is 5.69 Å². The zero-order valence-electron chi connectivity index (χ0n) is 8.89. The van der Waals surface area contributed by atoms with E-state index >= 15 is 0 Å². The van der Waals surface area contributed by atoms with Crippen LogP contribution in [-0.2, 0) is 0 Å². The molecule has 2 nitrogen and oxygen atoms in total. The van der Waals surface area contributed by atoms with Gasteiger partial charge in [0.15, 0.2) is 0 Å². The molecule has 78 valence electrons. The first-order chi connectivity index (χ1) is 6.38. The molecular weight excluding hydrogens is 179 g/mol. The molecule has 0 spiro atoms. The molecule has 0 heterocycles. The molecule has 1 aromatic carbocycles. The van der Waals surface area contributed by atoms with Gasteiger partial charge in [0.05, 0.1) is 5.69 Å². The molecule has 0 atom stereocenters. The Balaban J connectivity index is 2.68. The highest BCUT2D eigenvalue weighted by Gasteiger charge is 2.11. The van der Waals surface area contributed by atoms with Gasteiger partial charge in [0.2, 0.25) is 0 Å². The van der Waals surface area contributed by atoms with Crippen molar-refractivity contribution in [2.24, 2.45) is 5.73 Å². The predicted octanol–water partition coefficient (Wildman–Crippen LogP) is 2.28. The van der Waals surface area contributed by atoms with Gasteiger partial charge >= 0.3 is 0 Å². The third kappa shape index (κ3) is 3.34. The lowest BCUT2D eigenvalue weighted by Crippen LogP contribution is -2.39. The number of rotatable bonds is 3. The maximum absolute atomic E-state index is 13.3. The second kappa shape index (κ2) is 3.96. The highest BCUT2D eigenvalue weighted by Crippen LogP contribution is 2.15. The maximum Gasteiger partial charge on any atom is 0.146 e. The topological polar surface area (TPSA) is 38.0 Å². The van der Waals surface area contributed by atoms with Gasteiger partial charge < -0.3 is 11.1 Å². The summed E-state index contributed by atoms with van der Waals surface area (Å²) in [5, 5.41) is 2.98. The van der Waals surface area contributed by atoms with Gasteiger partial charge in [0.1, 0.15) is 5.82 Å². The molecule has 0 amide bonds. The molecule has 0 bridgehead atoms. The van der Waals surface area contributed by atoms with Crippen molar-refractivity contribution in [3.63, 3.8) is 0 Å². The summed E-state index contributed by atoms with van der Waals surface area (Å²) in [6, 6.07) is 5.11. The summed E-state index contributed by atoms with van der Waals surface area (Å²) in [6.07, 6.45) is 0. The van der Waals surface area contributed by atoms with Gasteiger partial charge in [-0.15, -0.1) is 0 Å². The first-order valence-electron chi connectivity index (χ1n) is 4.67. The summed E-state index contributed by atoms with van der Waals surface area (Å²) >= 11 is 0. The molecule has 0 radical (unpaired) electrons. The minimum Gasteiger partial charge on any atom is -0.381 e. The first kappa shape index (κ1) is 11.0. The third-order valence-corrected chi connectivity index (χ3v) is 1.86. The van der Waals surface area contributed by atoms with E-state index in [1.807, 2.05) is 26.8 Å². The second-order valence-corrected chi connectivity index (χ2v) is 4.33. The minimum absolute atomic E-state index is 0.228. The molecule has 0 saturated carbocycles. The monoisotopic (exact) mass is 196 g/mol. The van der Waals surface area contributed by atoms with Crippen LogP contribution in [0, 0.1) is 12.7 Å². The summed E-state index contributed by atoms with van der Waals surface area (Å²) in [6.45, 7) is 6.20. The fourth-order valence-corrected chi connectivity index (χ4v) is 1.09. The number of aryl methyl sites for hydroxylation is 1. The van der Waals surface area contributed by atoms with E-state index in [1.54, 1.807) is 6.07 Å². The van der Waals surface area contributed by atoms with Gasteiger partial charge in [-0.25, -0.2) is 4.39 Å². The lowest BCUT2D eigenvalue weighted by Gasteiger charge is -2.20. The molecule has 0 aromatic heterocycles. The molecule has 0 aliphatic rings.